The van der Waals surface area contributed by atoms with E-state index in [-0.39, 0.29) is 6.04 Å². The van der Waals surface area contributed by atoms with E-state index in [2.05, 4.69) is 13.8 Å². The highest BCUT2D eigenvalue weighted by Gasteiger charge is 2.38. The number of rotatable bonds is 7. The number of hydrogen-bond donors (Lipinski definition) is 1. The molecule has 118 valence electrons. The van der Waals surface area contributed by atoms with Crippen LogP contribution >= 0.6 is 0 Å². The van der Waals surface area contributed by atoms with Crippen molar-refractivity contribution in [1.82, 2.24) is 4.31 Å². The minimum atomic E-state index is -3.45. The maximum absolute atomic E-state index is 12.7. The Morgan fingerprint density at radius 2 is 1.86 bits per heavy atom. The van der Waals surface area contributed by atoms with E-state index in [9.17, 15) is 8.42 Å². The van der Waals surface area contributed by atoms with Crippen molar-refractivity contribution in [2.75, 3.05) is 13.6 Å². The zero-order chi connectivity index (χ0) is 15.6. The summed E-state index contributed by atoms with van der Waals surface area (Å²) in [7, 11) is -1.80. The van der Waals surface area contributed by atoms with Crippen LogP contribution in [0, 0.1) is 5.92 Å². The summed E-state index contributed by atoms with van der Waals surface area (Å²) in [6.45, 7) is 4.66. The number of nitrogens with zero attached hydrogens (tertiary/aromatic N) is 1. The van der Waals surface area contributed by atoms with Crippen LogP contribution in [0.5, 0.6) is 0 Å². The molecule has 21 heavy (non-hydrogen) atoms. The second-order valence-electron chi connectivity index (χ2n) is 6.04. The maximum Gasteiger partial charge on any atom is 0.243 e. The Labute approximate surface area is 128 Å². The molecule has 1 aromatic rings. The Morgan fingerprint density at radius 3 is 2.29 bits per heavy atom. The lowest BCUT2D eigenvalue weighted by Crippen LogP contribution is -2.43. The van der Waals surface area contributed by atoms with Gasteiger partial charge in [0.2, 0.25) is 10.0 Å². The first-order chi connectivity index (χ1) is 9.91. The second-order valence-corrected chi connectivity index (χ2v) is 8.04. The summed E-state index contributed by atoms with van der Waals surface area (Å²) < 4.78 is 26.8. The molecule has 4 nitrogen and oxygen atoms in total. The number of nitrogens with two attached hydrogens (primary N) is 1. The van der Waals surface area contributed by atoms with E-state index in [1.54, 1.807) is 19.2 Å². The highest BCUT2D eigenvalue weighted by Crippen LogP contribution is 2.36. The molecule has 0 spiro atoms. The van der Waals surface area contributed by atoms with Crippen molar-refractivity contribution in [3.63, 3.8) is 0 Å². The molecule has 2 unspecified atom stereocenters. The third-order valence-electron chi connectivity index (χ3n) is 4.61. The van der Waals surface area contributed by atoms with Gasteiger partial charge in [-0.1, -0.05) is 26.0 Å². The Hall–Kier alpha value is -0.910. The highest BCUT2D eigenvalue weighted by molar-refractivity contribution is 7.89. The lowest BCUT2D eigenvalue weighted by molar-refractivity contribution is 0.340. The fraction of sp³-hybridized carbons (Fsp3) is 0.625. The molecule has 1 aliphatic rings. The van der Waals surface area contributed by atoms with Crippen molar-refractivity contribution in [2.45, 2.75) is 50.0 Å². The predicted octanol–water partition coefficient (Wildman–Crippen LogP) is 2.56. The zero-order valence-corrected chi connectivity index (χ0v) is 13.9. The average Bonchev–Trinajstić information content (AvgIpc) is 3.32. The van der Waals surface area contributed by atoms with Crippen LogP contribution in [-0.2, 0) is 10.0 Å². The molecule has 5 heteroatoms. The Balaban J connectivity index is 2.22. The topological polar surface area (TPSA) is 63.4 Å². The second kappa shape index (κ2) is 6.46. The van der Waals surface area contributed by atoms with Crippen molar-refractivity contribution in [3.8, 4) is 0 Å². The van der Waals surface area contributed by atoms with E-state index in [4.69, 9.17) is 5.73 Å². The largest absolute Gasteiger partial charge is 0.329 e. The highest BCUT2D eigenvalue weighted by atomic mass is 32.2. The zero-order valence-electron chi connectivity index (χ0n) is 13.1. The molecule has 2 rings (SSSR count). The van der Waals surface area contributed by atoms with Crippen LogP contribution in [-0.4, -0.2) is 32.4 Å². The minimum absolute atomic E-state index is 0.0794. The van der Waals surface area contributed by atoms with Gasteiger partial charge < -0.3 is 5.73 Å². The molecule has 0 aromatic heterocycles. The predicted molar refractivity (Wildman–Crippen MR) is 85.7 cm³/mol. The molecule has 2 atom stereocenters. The number of hydrogen-bond acceptors (Lipinski definition) is 3. The lowest BCUT2D eigenvalue weighted by Gasteiger charge is -2.26. The van der Waals surface area contributed by atoms with Crippen molar-refractivity contribution >= 4 is 10.0 Å². The van der Waals surface area contributed by atoms with Gasteiger partial charge in [0, 0.05) is 19.6 Å². The van der Waals surface area contributed by atoms with Crippen LogP contribution < -0.4 is 5.73 Å². The third kappa shape index (κ3) is 3.47. The van der Waals surface area contributed by atoms with Gasteiger partial charge in [0.1, 0.15) is 0 Å². The standard InChI is InChI=1S/C16H26N2O2S/c1-4-12(2)13-7-9-15(10-8-13)21(19,20)18(3)16(11-17)14-5-6-14/h7-10,12,14,16H,4-6,11,17H2,1-3H3. The van der Waals surface area contributed by atoms with Gasteiger partial charge in [-0.15, -0.1) is 0 Å². The van der Waals surface area contributed by atoms with Gasteiger partial charge in [0.15, 0.2) is 0 Å². The van der Waals surface area contributed by atoms with Gasteiger partial charge >= 0.3 is 0 Å². The van der Waals surface area contributed by atoms with Gasteiger partial charge in [-0.05, 0) is 48.8 Å². The summed E-state index contributed by atoms with van der Waals surface area (Å²) in [6.07, 6.45) is 3.20. The quantitative estimate of drug-likeness (QED) is 0.842. The van der Waals surface area contributed by atoms with Crippen LogP contribution in [0.25, 0.3) is 0 Å². The Morgan fingerprint density at radius 1 is 1.29 bits per heavy atom. The van der Waals surface area contributed by atoms with Crippen molar-refractivity contribution < 1.29 is 8.42 Å². The molecular formula is C16H26N2O2S. The molecule has 0 saturated heterocycles. The first-order valence-corrected chi connectivity index (χ1v) is 9.13. The lowest BCUT2D eigenvalue weighted by atomic mass is 9.99. The van der Waals surface area contributed by atoms with E-state index in [0.717, 1.165) is 19.3 Å². The van der Waals surface area contributed by atoms with Crippen LogP contribution in [0.3, 0.4) is 0 Å². The van der Waals surface area contributed by atoms with Gasteiger partial charge in [0.25, 0.3) is 0 Å². The van der Waals surface area contributed by atoms with Crippen molar-refractivity contribution in [2.24, 2.45) is 11.7 Å². The molecule has 1 aliphatic carbocycles. The summed E-state index contributed by atoms with van der Waals surface area (Å²) in [4.78, 5) is 0.358. The summed E-state index contributed by atoms with van der Waals surface area (Å²) in [6, 6.07) is 7.19. The van der Waals surface area contributed by atoms with E-state index in [1.165, 1.54) is 9.87 Å². The third-order valence-corrected chi connectivity index (χ3v) is 6.51. The average molecular weight is 310 g/mol. The van der Waals surface area contributed by atoms with Crippen molar-refractivity contribution in [1.29, 1.82) is 0 Å². The van der Waals surface area contributed by atoms with Crippen LogP contribution in [0.4, 0.5) is 0 Å². The molecular weight excluding hydrogens is 284 g/mol. The fourth-order valence-electron chi connectivity index (χ4n) is 2.67. The first kappa shape index (κ1) is 16.5. The van der Waals surface area contributed by atoms with Crippen LogP contribution in [0.2, 0.25) is 0 Å². The van der Waals surface area contributed by atoms with E-state index in [0.29, 0.717) is 23.3 Å². The fourth-order valence-corrected chi connectivity index (χ4v) is 4.09. The smallest absolute Gasteiger partial charge is 0.243 e. The molecule has 1 saturated carbocycles. The molecule has 0 amide bonds. The Kier molecular flexibility index (Phi) is 5.07. The summed E-state index contributed by atoms with van der Waals surface area (Å²) >= 11 is 0. The number of sulfonamides is 1. The van der Waals surface area contributed by atoms with Crippen LogP contribution in [0.1, 0.15) is 44.6 Å². The molecule has 0 bridgehead atoms. The van der Waals surface area contributed by atoms with Gasteiger partial charge in [-0.2, -0.15) is 4.31 Å². The van der Waals surface area contributed by atoms with E-state index in [1.807, 2.05) is 12.1 Å². The van der Waals surface area contributed by atoms with Crippen molar-refractivity contribution in [3.05, 3.63) is 29.8 Å². The molecule has 2 N–H and O–H groups in total. The molecule has 0 aliphatic heterocycles. The van der Waals surface area contributed by atoms with Gasteiger partial charge in [0.05, 0.1) is 4.90 Å². The Bertz CT molecular complexity index is 564. The minimum Gasteiger partial charge on any atom is -0.329 e. The summed E-state index contributed by atoms with van der Waals surface area (Å²) in [5.74, 6) is 0.872. The van der Waals surface area contributed by atoms with Crippen LogP contribution in [0.15, 0.2) is 29.2 Å². The van der Waals surface area contributed by atoms with Gasteiger partial charge in [-0.3, -0.25) is 0 Å². The molecule has 1 fully saturated rings. The SMILES string of the molecule is CCC(C)c1ccc(S(=O)(=O)N(C)C(CN)C2CC2)cc1. The van der Waals surface area contributed by atoms with E-state index < -0.39 is 10.0 Å². The normalized spacial score (nSPS) is 18.7. The first-order valence-electron chi connectivity index (χ1n) is 7.69. The molecule has 0 heterocycles. The number of likely N-dealkylation sites (N-methyl/N-ethyl adjacent to an activating group) is 1. The summed E-state index contributed by atoms with van der Waals surface area (Å²) in [5, 5.41) is 0. The maximum atomic E-state index is 12.7. The molecule has 1 aromatic carbocycles. The molecule has 0 radical (unpaired) electrons. The van der Waals surface area contributed by atoms with Gasteiger partial charge in [-0.25, -0.2) is 8.42 Å². The number of benzene rings is 1. The van der Waals surface area contributed by atoms with E-state index >= 15 is 0 Å². The summed E-state index contributed by atoms with van der Waals surface area (Å²) in [5.41, 5.74) is 6.94. The monoisotopic (exact) mass is 310 g/mol.